The van der Waals surface area contributed by atoms with Crippen LogP contribution >= 0.6 is 0 Å². The van der Waals surface area contributed by atoms with Gasteiger partial charge in [0.15, 0.2) is 27.5 Å². The second kappa shape index (κ2) is 14.5. The molecule has 0 aliphatic carbocycles. The van der Waals surface area contributed by atoms with E-state index in [1.165, 1.54) is 0 Å². The molecule has 0 N–H and O–H groups in total. The zero-order chi connectivity index (χ0) is 18.2. The van der Waals surface area contributed by atoms with E-state index in [1.807, 2.05) is 0 Å². The molecule has 0 heterocycles. The van der Waals surface area contributed by atoms with Gasteiger partial charge in [0.1, 0.15) is 0 Å². The van der Waals surface area contributed by atoms with Crippen LogP contribution in [0.5, 0.6) is 0 Å². The summed E-state index contributed by atoms with van der Waals surface area (Å²) in [5, 5.41) is 0. The molecule has 0 saturated heterocycles. The number of hydrogen-bond donors (Lipinski definition) is 0. The maximum absolute atomic E-state index is 9.16. The maximum Gasteiger partial charge on any atom is 3.00 e. The van der Waals surface area contributed by atoms with Crippen LogP contribution in [0.3, 0.4) is 0 Å². The Morgan fingerprint density at radius 3 is 0.522 bits per heavy atom. The first kappa shape index (κ1) is 35.4. The molecule has 0 aliphatic rings. The van der Waals surface area contributed by atoms with E-state index in [4.69, 9.17) is 65.2 Å². The van der Waals surface area contributed by atoms with Gasteiger partial charge in [0.05, 0.1) is 30.3 Å². The molecule has 3 atom stereocenters. The van der Waals surface area contributed by atoms with E-state index in [0.717, 1.165) is 0 Å². The molecule has 3 unspecified atom stereocenters. The molecular weight excluding hydrogens is 635 g/mol. The zero-order valence-corrected chi connectivity index (χ0v) is 17.7. The summed E-state index contributed by atoms with van der Waals surface area (Å²) in [5.41, 5.74) is 0. The third kappa shape index (κ3) is 28.4. The van der Waals surface area contributed by atoms with Crippen LogP contribution in [0.25, 0.3) is 0 Å². The average molecular weight is 635 g/mol. The van der Waals surface area contributed by atoms with Gasteiger partial charge in [-0.05, 0) is 0 Å². The quantitative estimate of drug-likeness (QED) is 0.121. The van der Waals surface area contributed by atoms with Crippen LogP contribution in [0.2, 0.25) is 0 Å². The van der Waals surface area contributed by atoms with Gasteiger partial charge in [0.25, 0.3) is 0 Å². The Labute approximate surface area is 160 Å². The van der Waals surface area contributed by atoms with Gasteiger partial charge in [-0.2, -0.15) is 0 Å². The van der Waals surface area contributed by atoms with Gasteiger partial charge in [-0.25, -0.2) is 25.3 Å². The van der Waals surface area contributed by atoms with Crippen molar-refractivity contribution in [1.82, 2.24) is 0 Å². The molecule has 0 fully saturated rings. The second-order valence-corrected chi connectivity index (χ2v) is 11.6. The van der Waals surface area contributed by atoms with Crippen molar-refractivity contribution in [2.45, 2.75) is 0 Å². The minimum atomic E-state index is -5.07. The molecular formula is O15Ru2S6. The van der Waals surface area contributed by atoms with E-state index >= 15 is 0 Å². The van der Waals surface area contributed by atoms with Gasteiger partial charge < -0.3 is 27.3 Å². The minimum absolute atomic E-state index is 0. The standard InChI is InChI=1S/3H2O5S2.2Ru/c3*1-6(2)7(3,4)5;;/h3*(H,1,2)(H,3,4,5);;/q;;;2*+3/p-6. The fraction of sp³-hybridized carbons (Fsp3) is 0. The van der Waals surface area contributed by atoms with Gasteiger partial charge >= 0.3 is 39.0 Å². The minimum Gasteiger partial charge on any atom is -0.761 e. The Morgan fingerprint density at radius 2 is 0.522 bits per heavy atom. The Bertz CT molecular complexity index is 591. The molecule has 15 nitrogen and oxygen atoms in total. The molecule has 0 bridgehead atoms. The van der Waals surface area contributed by atoms with Crippen LogP contribution in [-0.4, -0.2) is 65.2 Å². The van der Waals surface area contributed by atoms with Crippen molar-refractivity contribution in [2.75, 3.05) is 0 Å². The first-order valence-electron chi connectivity index (χ1n) is 3.00. The molecule has 23 heteroatoms. The summed E-state index contributed by atoms with van der Waals surface area (Å²) in [7, 11) is -25.8. The largest absolute Gasteiger partial charge is 3.00 e. The molecule has 0 aromatic rings. The Balaban J connectivity index is -0.0000000675. The maximum atomic E-state index is 9.16. The Kier molecular flexibility index (Phi) is 22.3. The third-order valence-corrected chi connectivity index (χ3v) is 4.50. The third-order valence-electron chi connectivity index (χ3n) is 0.500. The van der Waals surface area contributed by atoms with Crippen molar-refractivity contribution in [2.24, 2.45) is 0 Å². The van der Waals surface area contributed by atoms with E-state index < -0.39 is 57.8 Å². The molecule has 2 radical (unpaired) electrons. The predicted molar refractivity (Wildman–Crippen MR) is 55.9 cm³/mol. The van der Waals surface area contributed by atoms with E-state index in [0.29, 0.717) is 0 Å². The van der Waals surface area contributed by atoms with Gasteiger partial charge in [0, 0.05) is 0 Å². The van der Waals surface area contributed by atoms with Gasteiger partial charge in [-0.3, -0.25) is 12.6 Å². The topological polar surface area (TPSA) is 292 Å². The van der Waals surface area contributed by atoms with Crippen molar-refractivity contribution in [1.29, 1.82) is 0 Å². The van der Waals surface area contributed by atoms with Crippen LogP contribution in [0.4, 0.5) is 0 Å². The molecule has 0 amide bonds. The van der Waals surface area contributed by atoms with E-state index in [-0.39, 0.29) is 39.0 Å². The Morgan fingerprint density at radius 1 is 0.478 bits per heavy atom. The second-order valence-electron chi connectivity index (χ2n) is 1.84. The van der Waals surface area contributed by atoms with Crippen molar-refractivity contribution in [3.8, 4) is 0 Å². The molecule has 0 spiro atoms. The van der Waals surface area contributed by atoms with Crippen molar-refractivity contribution >= 4 is 57.8 Å². The first-order chi connectivity index (χ1) is 8.83. The smallest absolute Gasteiger partial charge is 0.761 e. The van der Waals surface area contributed by atoms with E-state index in [9.17, 15) is 0 Å². The van der Waals surface area contributed by atoms with Crippen molar-refractivity contribution in [3.05, 3.63) is 0 Å². The van der Waals surface area contributed by atoms with E-state index in [2.05, 4.69) is 0 Å². The fourth-order valence-electron chi connectivity index (χ4n) is 0. The van der Waals surface area contributed by atoms with Crippen LogP contribution in [0.15, 0.2) is 0 Å². The summed E-state index contributed by atoms with van der Waals surface area (Å²) in [4.78, 5) is 0. The number of hydrogen-bond acceptors (Lipinski definition) is 15. The van der Waals surface area contributed by atoms with Gasteiger partial charge in [-0.1, -0.05) is 0 Å². The fourth-order valence-corrected chi connectivity index (χ4v) is 0. The molecule has 0 aromatic carbocycles. The molecule has 142 valence electrons. The summed E-state index contributed by atoms with van der Waals surface area (Å²) in [6, 6.07) is 0. The Hall–Kier alpha value is 1.31. The molecule has 0 rings (SSSR count). The normalized spacial score (nSPS) is 14.9. The first-order valence-corrected chi connectivity index (χ1v) is 12.0. The number of rotatable bonds is 3. The zero-order valence-electron chi connectivity index (χ0n) is 9.28. The monoisotopic (exact) mass is 636 g/mol. The predicted octanol–water partition coefficient (Wildman–Crippen LogP) is -5.03. The summed E-state index contributed by atoms with van der Waals surface area (Å²) < 4.78 is 137. The van der Waals surface area contributed by atoms with Crippen LogP contribution in [-0.2, 0) is 96.7 Å². The van der Waals surface area contributed by atoms with Crippen molar-refractivity contribution < 1.29 is 104 Å². The van der Waals surface area contributed by atoms with Gasteiger partial charge in [0.2, 0.25) is 0 Å². The van der Waals surface area contributed by atoms with E-state index in [1.54, 1.807) is 0 Å². The summed E-state index contributed by atoms with van der Waals surface area (Å²) in [6.45, 7) is 0. The summed E-state index contributed by atoms with van der Waals surface area (Å²) >= 11 is 0. The van der Waals surface area contributed by atoms with Crippen LogP contribution < -0.4 is 0 Å². The van der Waals surface area contributed by atoms with Crippen LogP contribution in [0, 0.1) is 0 Å². The van der Waals surface area contributed by atoms with Gasteiger partial charge in [-0.15, -0.1) is 0 Å². The summed E-state index contributed by atoms with van der Waals surface area (Å²) in [6.07, 6.45) is 0. The average Bonchev–Trinajstić information content (AvgIpc) is 2.14. The summed E-state index contributed by atoms with van der Waals surface area (Å²) in [5.74, 6) is 0. The molecule has 0 aromatic heterocycles. The SMILES string of the molecule is O=S([O-])S(=O)(=O)[O-].O=S([O-])S(=O)(=O)[O-].O=S([O-])S(=O)(=O)[O-].[Ru+3].[Ru+3]. The van der Waals surface area contributed by atoms with Crippen LogP contribution in [0.1, 0.15) is 0 Å². The molecule has 23 heavy (non-hydrogen) atoms. The van der Waals surface area contributed by atoms with Crippen molar-refractivity contribution in [3.63, 3.8) is 0 Å². The molecule has 0 aliphatic heterocycles. The molecule has 0 saturated carbocycles.